The van der Waals surface area contributed by atoms with Crippen molar-refractivity contribution in [1.29, 1.82) is 0 Å². The van der Waals surface area contributed by atoms with Gasteiger partial charge in [0.2, 0.25) is 0 Å². The first-order chi connectivity index (χ1) is 26.5. The van der Waals surface area contributed by atoms with Crippen molar-refractivity contribution in [3.05, 3.63) is 156 Å². The number of carbonyl (C=O) groups is 2. The van der Waals surface area contributed by atoms with Gasteiger partial charge < -0.3 is 18.9 Å². The zero-order chi connectivity index (χ0) is 36.6. The lowest BCUT2D eigenvalue weighted by Crippen LogP contribution is -2.63. The topological polar surface area (TPSA) is 108 Å². The zero-order valence-corrected chi connectivity index (χ0v) is 29.0. The van der Waals surface area contributed by atoms with Gasteiger partial charge in [-0.1, -0.05) is 91.0 Å². The van der Waals surface area contributed by atoms with Crippen molar-refractivity contribution in [3.8, 4) is 0 Å². The second-order valence-electron chi connectivity index (χ2n) is 13.3. The van der Waals surface area contributed by atoms with E-state index in [4.69, 9.17) is 38.5 Å². The van der Waals surface area contributed by atoms with Gasteiger partial charge in [-0.2, -0.15) is 9.78 Å². The summed E-state index contributed by atoms with van der Waals surface area (Å²) < 4.78 is 24.2. The van der Waals surface area contributed by atoms with E-state index in [1.165, 1.54) is 7.11 Å². The van der Waals surface area contributed by atoms with Gasteiger partial charge in [-0.3, -0.25) is 9.78 Å². The summed E-state index contributed by atoms with van der Waals surface area (Å²) in [6, 6.07) is 44.1. The Morgan fingerprint density at radius 2 is 1.02 bits per heavy atom. The summed E-state index contributed by atoms with van der Waals surface area (Å²) in [5.74, 6) is -1.50. The summed E-state index contributed by atoms with van der Waals surface area (Å²) in [6.45, 7) is 0.106. The molecule has 6 atom stereocenters. The minimum atomic E-state index is -1.25. The highest BCUT2D eigenvalue weighted by molar-refractivity contribution is 6.02. The number of carbonyl (C=O) groups excluding carboxylic acids is 2. The monoisotopic (exact) mass is 722 g/mol. The Hall–Kier alpha value is -5.72. The molecule has 54 heavy (non-hydrogen) atoms. The van der Waals surface area contributed by atoms with Crippen LogP contribution >= 0.6 is 0 Å². The van der Waals surface area contributed by atoms with E-state index >= 15 is 0 Å². The number of hydrogen-bond acceptors (Lipinski definition) is 10. The highest BCUT2D eigenvalue weighted by Crippen LogP contribution is 2.37. The molecule has 0 N–H and O–H groups in total. The highest BCUT2D eigenvalue weighted by Gasteiger charge is 2.54. The molecule has 7 aromatic rings. The number of methoxy groups -OCH3 is 1. The molecule has 7 aromatic carbocycles. The molecule has 9 rings (SSSR count). The molecule has 10 nitrogen and oxygen atoms in total. The van der Waals surface area contributed by atoms with Crippen molar-refractivity contribution in [2.24, 2.45) is 0 Å². The molecule has 2 fully saturated rings. The zero-order valence-electron chi connectivity index (χ0n) is 29.0. The molecule has 0 bridgehead atoms. The standard InChI is InChI=1S/C44H34O10/c1-47-44-40(52-54-42(46)34-18-16-32-20-28-12-6-8-14-30(28)22-36(32)24-34)39(38-37(49-44)25-48-43(50-38)26-9-3-2-4-10-26)51-53-41(45)33-17-15-31-19-27-11-5-7-13-29(27)21-35(31)23-33/h2-24,37-40,43-44H,25H2,1H3/t37-,38-,39+,40-,43?,44+/m1/s1. The lowest BCUT2D eigenvalue weighted by atomic mass is 9.97. The van der Waals surface area contributed by atoms with E-state index in [9.17, 15) is 9.59 Å². The normalized spacial score (nSPS) is 22.6. The van der Waals surface area contributed by atoms with Gasteiger partial charge in [0.1, 0.15) is 12.2 Å². The molecule has 0 radical (unpaired) electrons. The molecule has 2 saturated heterocycles. The van der Waals surface area contributed by atoms with Crippen molar-refractivity contribution in [3.63, 3.8) is 0 Å². The lowest BCUT2D eigenvalue weighted by Gasteiger charge is -2.46. The van der Waals surface area contributed by atoms with Crippen LogP contribution in [-0.2, 0) is 38.5 Å². The number of benzene rings is 7. The third kappa shape index (κ3) is 6.67. The Kier molecular flexibility index (Phi) is 9.21. The van der Waals surface area contributed by atoms with Crippen LogP contribution in [0, 0.1) is 0 Å². The summed E-state index contributed by atoms with van der Waals surface area (Å²) in [5.41, 5.74) is 1.30. The fourth-order valence-electron chi connectivity index (χ4n) is 7.16. The van der Waals surface area contributed by atoms with E-state index in [1.54, 1.807) is 24.3 Å². The average Bonchev–Trinajstić information content (AvgIpc) is 3.22. The quantitative estimate of drug-likeness (QED) is 0.0862. The van der Waals surface area contributed by atoms with Gasteiger partial charge in [0, 0.05) is 12.7 Å². The summed E-state index contributed by atoms with van der Waals surface area (Å²) in [4.78, 5) is 49.6. The van der Waals surface area contributed by atoms with Crippen LogP contribution in [-0.4, -0.2) is 56.4 Å². The van der Waals surface area contributed by atoms with E-state index in [1.807, 2.05) is 103 Å². The molecule has 1 unspecified atom stereocenters. The van der Waals surface area contributed by atoms with Gasteiger partial charge in [-0.25, -0.2) is 9.59 Å². The summed E-state index contributed by atoms with van der Waals surface area (Å²) in [7, 11) is 1.41. The maximum atomic E-state index is 13.5. The predicted molar refractivity (Wildman–Crippen MR) is 199 cm³/mol. The first kappa shape index (κ1) is 34.1. The van der Waals surface area contributed by atoms with E-state index in [2.05, 4.69) is 12.1 Å². The lowest BCUT2D eigenvalue weighted by molar-refractivity contribution is -0.442. The van der Waals surface area contributed by atoms with Crippen LogP contribution in [0.2, 0.25) is 0 Å². The molecule has 270 valence electrons. The van der Waals surface area contributed by atoms with Gasteiger partial charge in [0.05, 0.1) is 17.7 Å². The van der Waals surface area contributed by atoms with Crippen molar-refractivity contribution in [2.75, 3.05) is 13.7 Å². The molecule has 2 aliphatic heterocycles. The molecule has 0 aromatic heterocycles. The van der Waals surface area contributed by atoms with Crippen LogP contribution in [0.5, 0.6) is 0 Å². The number of rotatable bonds is 8. The van der Waals surface area contributed by atoms with Crippen LogP contribution in [0.4, 0.5) is 0 Å². The highest BCUT2D eigenvalue weighted by atomic mass is 17.2. The average molecular weight is 723 g/mol. The molecular weight excluding hydrogens is 688 g/mol. The summed E-state index contributed by atoms with van der Waals surface area (Å²) in [5, 5.41) is 7.94. The fourth-order valence-corrected chi connectivity index (χ4v) is 7.16. The summed E-state index contributed by atoms with van der Waals surface area (Å²) >= 11 is 0. The van der Waals surface area contributed by atoms with E-state index in [-0.39, 0.29) is 17.7 Å². The Morgan fingerprint density at radius 1 is 0.537 bits per heavy atom. The third-order valence-electron chi connectivity index (χ3n) is 9.94. The smallest absolute Gasteiger partial charge is 0.353 e. The summed E-state index contributed by atoms with van der Waals surface area (Å²) in [6.07, 6.45) is -5.96. The largest absolute Gasteiger partial charge is 0.373 e. The Labute approximate surface area is 309 Å². The van der Waals surface area contributed by atoms with Crippen molar-refractivity contribution >= 4 is 55.0 Å². The first-order valence-electron chi connectivity index (χ1n) is 17.6. The molecule has 0 saturated carbocycles. The van der Waals surface area contributed by atoms with Gasteiger partial charge in [0.25, 0.3) is 0 Å². The molecular formula is C44H34O10. The maximum Gasteiger partial charge on any atom is 0.373 e. The van der Waals surface area contributed by atoms with Gasteiger partial charge >= 0.3 is 11.9 Å². The number of ether oxygens (including phenoxy) is 4. The van der Waals surface area contributed by atoms with Gasteiger partial charge in [-0.15, -0.1) is 0 Å². The molecule has 0 amide bonds. The predicted octanol–water partition coefficient (Wildman–Crippen LogP) is 8.40. The first-order valence-corrected chi connectivity index (χ1v) is 17.6. The fraction of sp³-hybridized carbons (Fsp3) is 0.182. The molecule has 0 spiro atoms. The molecule has 0 aliphatic carbocycles. The van der Waals surface area contributed by atoms with E-state index in [0.717, 1.165) is 48.7 Å². The SMILES string of the molecule is CO[C@H]1O[C@@H]2COC(c3ccccc3)O[C@H]2[C@H](OOC(=O)c2ccc3cc4ccccc4cc3c2)[C@H]1OOC(=O)c1ccc2cc3ccccc3cc2c1. The van der Waals surface area contributed by atoms with Crippen LogP contribution in [0.25, 0.3) is 43.1 Å². The Bertz CT molecular complexity index is 2500. The van der Waals surface area contributed by atoms with Crippen LogP contribution in [0.15, 0.2) is 140 Å². The van der Waals surface area contributed by atoms with Gasteiger partial charge in [0.15, 0.2) is 24.8 Å². The minimum Gasteiger partial charge on any atom is -0.353 e. The number of fused-ring (bicyclic) bond motifs is 5. The van der Waals surface area contributed by atoms with Crippen LogP contribution in [0.1, 0.15) is 32.6 Å². The minimum absolute atomic E-state index is 0.106. The third-order valence-corrected chi connectivity index (χ3v) is 9.94. The van der Waals surface area contributed by atoms with Gasteiger partial charge in [-0.05, 0) is 91.6 Å². The Morgan fingerprint density at radius 3 is 1.56 bits per heavy atom. The molecule has 10 heteroatoms. The van der Waals surface area contributed by atoms with Crippen LogP contribution < -0.4 is 0 Å². The maximum absolute atomic E-state index is 13.5. The van der Waals surface area contributed by atoms with E-state index in [0.29, 0.717) is 0 Å². The second-order valence-corrected chi connectivity index (χ2v) is 13.3. The molecule has 2 heterocycles. The second kappa shape index (κ2) is 14.6. The van der Waals surface area contributed by atoms with Crippen LogP contribution in [0.3, 0.4) is 0 Å². The number of hydrogen-bond donors (Lipinski definition) is 0. The van der Waals surface area contributed by atoms with E-state index < -0.39 is 48.9 Å². The molecule has 2 aliphatic rings. The van der Waals surface area contributed by atoms with Crippen molar-refractivity contribution in [2.45, 2.75) is 37.0 Å². The van der Waals surface area contributed by atoms with Crippen molar-refractivity contribution in [1.82, 2.24) is 0 Å². The van der Waals surface area contributed by atoms with Crippen molar-refractivity contribution < 1.29 is 48.1 Å². The Balaban J connectivity index is 0.978.